The topological polar surface area (TPSA) is 52.0 Å². The molecule has 0 unspecified atom stereocenters. The van der Waals surface area contributed by atoms with Crippen molar-refractivity contribution in [2.24, 2.45) is 0 Å². The van der Waals surface area contributed by atoms with Crippen molar-refractivity contribution < 1.29 is 1.37 Å². The second-order valence-electron chi connectivity index (χ2n) is 5.02. The molecule has 1 fully saturated rings. The summed E-state index contributed by atoms with van der Waals surface area (Å²) in [5.74, 6) is 0. The maximum Gasteiger partial charge on any atom is 0.0314 e. The van der Waals surface area contributed by atoms with Gasteiger partial charge in [-0.05, 0) is 48.2 Å². The first-order valence-electron chi connectivity index (χ1n) is 6.82. The third-order valence-corrected chi connectivity index (χ3v) is 3.91. The number of hydrogen-bond donors (Lipinski definition) is 2. The fourth-order valence-corrected chi connectivity index (χ4v) is 2.68. The van der Waals surface area contributed by atoms with Gasteiger partial charge in [0.1, 0.15) is 0 Å². The number of rotatable bonds is 2. The summed E-state index contributed by atoms with van der Waals surface area (Å²) >= 11 is 0. The molecule has 1 aliphatic rings. The first-order chi connectivity index (χ1) is 9.10. The summed E-state index contributed by atoms with van der Waals surface area (Å²) in [6.07, 6.45) is 1.75. The second kappa shape index (κ2) is 4.05. The van der Waals surface area contributed by atoms with E-state index in [0.717, 1.165) is 24.2 Å². The molecule has 0 heterocycles. The van der Waals surface area contributed by atoms with Gasteiger partial charge < -0.3 is 11.5 Å². The van der Waals surface area contributed by atoms with Crippen LogP contribution in [0.2, 0.25) is 0 Å². The van der Waals surface area contributed by atoms with E-state index >= 15 is 0 Å². The summed E-state index contributed by atoms with van der Waals surface area (Å²) in [5.41, 5.74) is 15.5. The third kappa shape index (κ3) is 1.65. The fraction of sp³-hybridized carbons (Fsp3) is 0.250. The van der Waals surface area contributed by atoms with Gasteiger partial charge in [0.2, 0.25) is 0 Å². The molecule has 3 rings (SSSR count). The van der Waals surface area contributed by atoms with E-state index in [1.54, 1.807) is 0 Å². The number of nitrogen functional groups attached to an aromatic ring is 2. The summed E-state index contributed by atoms with van der Waals surface area (Å²) in [7, 11) is 0. The van der Waals surface area contributed by atoms with Gasteiger partial charge in [-0.25, -0.2) is 0 Å². The van der Waals surface area contributed by atoms with Gasteiger partial charge in [-0.2, -0.15) is 0 Å². The average Bonchev–Trinajstić information content (AvgIpc) is 2.37. The fourth-order valence-electron chi connectivity index (χ4n) is 2.68. The van der Waals surface area contributed by atoms with Crippen molar-refractivity contribution in [3.05, 3.63) is 59.7 Å². The first kappa shape index (κ1) is 10.0. The van der Waals surface area contributed by atoms with Crippen LogP contribution in [-0.2, 0) is 5.41 Å². The highest BCUT2D eigenvalue weighted by molar-refractivity contribution is 5.49. The van der Waals surface area contributed by atoms with Gasteiger partial charge >= 0.3 is 0 Å². The monoisotopic (exact) mass is 239 g/mol. The van der Waals surface area contributed by atoms with Gasteiger partial charge in [0.05, 0.1) is 0 Å². The van der Waals surface area contributed by atoms with E-state index in [4.69, 9.17) is 12.8 Å². The van der Waals surface area contributed by atoms with Gasteiger partial charge in [-0.15, -0.1) is 0 Å². The largest absolute Gasteiger partial charge is 0.399 e. The Morgan fingerprint density at radius 3 is 1.50 bits per heavy atom. The molecular weight excluding hydrogens is 220 g/mol. The third-order valence-electron chi connectivity index (χ3n) is 3.91. The molecule has 0 saturated heterocycles. The Hall–Kier alpha value is -1.96. The molecule has 1 aliphatic carbocycles. The molecule has 2 aromatic rings. The minimum Gasteiger partial charge on any atom is -0.399 e. The van der Waals surface area contributed by atoms with Crippen LogP contribution < -0.4 is 11.5 Å². The molecular formula is C16H18N2. The molecule has 2 aromatic carbocycles. The van der Waals surface area contributed by atoms with Crippen molar-refractivity contribution in [2.75, 3.05) is 11.5 Å². The minimum absolute atomic E-state index is 0.0232. The van der Waals surface area contributed by atoms with Crippen LogP contribution in [-0.4, -0.2) is 0 Å². The minimum atomic E-state index is -0.0339. The zero-order valence-electron chi connectivity index (χ0n) is 11.3. The van der Waals surface area contributed by atoms with Crippen LogP contribution >= 0.6 is 0 Å². The molecule has 0 atom stereocenters. The summed E-state index contributed by atoms with van der Waals surface area (Å²) < 4.78 is 7.90. The van der Waals surface area contributed by atoms with Gasteiger partial charge in [0.15, 0.2) is 0 Å². The van der Waals surface area contributed by atoms with E-state index in [1.165, 1.54) is 11.1 Å². The van der Waals surface area contributed by atoms with Crippen LogP contribution in [0.25, 0.3) is 0 Å². The molecule has 0 radical (unpaired) electrons. The Morgan fingerprint density at radius 1 is 0.778 bits per heavy atom. The summed E-state index contributed by atoms with van der Waals surface area (Å²) in [5, 5.41) is 0. The molecule has 4 N–H and O–H groups in total. The molecule has 2 nitrogen and oxygen atoms in total. The maximum absolute atomic E-state index is 7.90. The van der Waals surface area contributed by atoms with E-state index in [-0.39, 0.29) is 11.8 Å². The lowest BCUT2D eigenvalue weighted by molar-refractivity contribution is 0.301. The van der Waals surface area contributed by atoms with Crippen LogP contribution in [0.15, 0.2) is 48.5 Å². The number of nitrogens with two attached hydrogens (primary N) is 2. The number of benzene rings is 2. The predicted octanol–water partition coefficient (Wildman–Crippen LogP) is 3.32. The van der Waals surface area contributed by atoms with Crippen molar-refractivity contribution in [3.63, 3.8) is 0 Å². The number of hydrogen-bond acceptors (Lipinski definition) is 2. The van der Waals surface area contributed by atoms with Gasteiger partial charge in [0.25, 0.3) is 0 Å². The van der Waals surface area contributed by atoms with E-state index in [0.29, 0.717) is 0 Å². The Kier molecular flexibility index (Phi) is 2.25. The van der Waals surface area contributed by atoms with Crippen molar-refractivity contribution in [1.82, 2.24) is 0 Å². The Balaban J connectivity index is 2.04. The molecule has 18 heavy (non-hydrogen) atoms. The molecule has 0 aliphatic heterocycles. The van der Waals surface area contributed by atoms with E-state index in [2.05, 4.69) is 24.3 Å². The standard InChI is InChI=1S/C16H18N2/c17-14-6-2-12(3-7-14)16(10-1-11-16)13-4-8-15(18)9-5-13/h2-9H,1,10-11,17-18H2/i1D. The molecule has 0 amide bonds. The summed E-state index contributed by atoms with van der Waals surface area (Å²) in [4.78, 5) is 0. The molecule has 0 bridgehead atoms. The van der Waals surface area contributed by atoms with Crippen molar-refractivity contribution in [3.8, 4) is 0 Å². The zero-order chi connectivity index (χ0) is 13.5. The predicted molar refractivity (Wildman–Crippen MR) is 76.3 cm³/mol. The molecule has 0 aromatic heterocycles. The number of anilines is 2. The lowest BCUT2D eigenvalue weighted by Gasteiger charge is -2.43. The van der Waals surface area contributed by atoms with E-state index < -0.39 is 0 Å². The second-order valence-corrected chi connectivity index (χ2v) is 5.02. The zero-order valence-corrected chi connectivity index (χ0v) is 10.3. The normalized spacial score (nSPS) is 19.0. The van der Waals surface area contributed by atoms with Crippen LogP contribution in [0.3, 0.4) is 0 Å². The van der Waals surface area contributed by atoms with Gasteiger partial charge in [-0.3, -0.25) is 0 Å². The molecule has 2 heteroatoms. The van der Waals surface area contributed by atoms with Gasteiger partial charge in [0, 0.05) is 18.2 Å². The van der Waals surface area contributed by atoms with Crippen LogP contribution in [0, 0.1) is 0 Å². The van der Waals surface area contributed by atoms with Crippen molar-refractivity contribution in [2.45, 2.75) is 24.7 Å². The Bertz CT molecular complexity index is 521. The lowest BCUT2D eigenvalue weighted by atomic mass is 9.60. The van der Waals surface area contributed by atoms with Crippen molar-refractivity contribution in [1.29, 1.82) is 0 Å². The first-order valence-corrected chi connectivity index (χ1v) is 6.24. The highest BCUT2D eigenvalue weighted by Gasteiger charge is 2.39. The van der Waals surface area contributed by atoms with E-state index in [9.17, 15) is 0 Å². The quantitative estimate of drug-likeness (QED) is 0.790. The van der Waals surface area contributed by atoms with Gasteiger partial charge in [-0.1, -0.05) is 30.7 Å². The van der Waals surface area contributed by atoms with E-state index in [1.807, 2.05) is 24.3 Å². The smallest absolute Gasteiger partial charge is 0.0314 e. The Morgan fingerprint density at radius 2 is 1.17 bits per heavy atom. The van der Waals surface area contributed by atoms with Crippen LogP contribution in [0.4, 0.5) is 11.4 Å². The van der Waals surface area contributed by atoms with Crippen LogP contribution in [0.5, 0.6) is 0 Å². The molecule has 1 saturated carbocycles. The highest BCUT2D eigenvalue weighted by Crippen LogP contribution is 2.49. The van der Waals surface area contributed by atoms with Crippen LogP contribution in [0.1, 0.15) is 31.7 Å². The lowest BCUT2D eigenvalue weighted by Crippen LogP contribution is -2.35. The SMILES string of the molecule is [2H]C1CC(c2ccc(N)cc2)(c2ccc(N)cc2)C1. The maximum atomic E-state index is 7.90. The average molecular weight is 239 g/mol. The summed E-state index contributed by atoms with van der Waals surface area (Å²) in [6.45, 7) is 0. The summed E-state index contributed by atoms with van der Waals surface area (Å²) in [6, 6.07) is 16.1. The highest BCUT2D eigenvalue weighted by atomic mass is 14.6. The van der Waals surface area contributed by atoms with Crippen molar-refractivity contribution >= 4 is 11.4 Å². The Labute approximate surface area is 109 Å². The molecule has 92 valence electrons. The molecule has 0 spiro atoms.